The fraction of sp³-hybridized carbons (Fsp3) is 0.235. The molecule has 0 heterocycles. The first-order valence-corrected chi connectivity index (χ1v) is 7.43. The van der Waals surface area contributed by atoms with Crippen LogP contribution in [0.2, 0.25) is 5.02 Å². The van der Waals surface area contributed by atoms with Gasteiger partial charge in [0.1, 0.15) is 0 Å². The Bertz CT molecular complexity index is 633. The van der Waals surface area contributed by atoms with Crippen LogP contribution in [0.5, 0.6) is 0 Å². The maximum atomic E-state index is 12.4. The summed E-state index contributed by atoms with van der Waals surface area (Å²) < 4.78 is 0. The summed E-state index contributed by atoms with van der Waals surface area (Å²) in [5, 5.41) is 3.59. The molecule has 0 aromatic heterocycles. The summed E-state index contributed by atoms with van der Waals surface area (Å²) in [6, 6.07) is 15.0. The molecule has 3 nitrogen and oxygen atoms in total. The van der Waals surface area contributed by atoms with Crippen LogP contribution in [0.1, 0.15) is 34.8 Å². The highest BCUT2D eigenvalue weighted by atomic mass is 35.5. The largest absolute Gasteiger partial charge is 0.399 e. The van der Waals surface area contributed by atoms with Gasteiger partial charge in [0.15, 0.2) is 0 Å². The number of carbonyl (C=O) groups is 1. The van der Waals surface area contributed by atoms with Crippen molar-refractivity contribution in [2.24, 2.45) is 5.92 Å². The summed E-state index contributed by atoms with van der Waals surface area (Å²) >= 11 is 5.96. The van der Waals surface area contributed by atoms with Crippen molar-refractivity contribution in [3.05, 3.63) is 64.7 Å². The fourth-order valence-corrected chi connectivity index (χ4v) is 2.77. The lowest BCUT2D eigenvalue weighted by atomic mass is 10.0. The summed E-state index contributed by atoms with van der Waals surface area (Å²) in [5.74, 6) is 0.387. The van der Waals surface area contributed by atoms with Crippen molar-refractivity contribution in [2.45, 2.75) is 18.9 Å². The number of hydrogen-bond donors (Lipinski definition) is 2. The normalized spacial score (nSPS) is 15.5. The average molecular weight is 301 g/mol. The van der Waals surface area contributed by atoms with Crippen molar-refractivity contribution in [1.29, 1.82) is 0 Å². The Labute approximate surface area is 129 Å². The predicted molar refractivity (Wildman–Crippen MR) is 85.2 cm³/mol. The van der Waals surface area contributed by atoms with Gasteiger partial charge in [0.25, 0.3) is 5.91 Å². The van der Waals surface area contributed by atoms with Gasteiger partial charge in [-0.2, -0.15) is 0 Å². The van der Waals surface area contributed by atoms with Gasteiger partial charge in [-0.1, -0.05) is 41.9 Å². The van der Waals surface area contributed by atoms with Crippen LogP contribution in [-0.2, 0) is 0 Å². The van der Waals surface area contributed by atoms with E-state index in [1.807, 2.05) is 18.2 Å². The molecule has 4 heteroatoms. The molecule has 1 saturated carbocycles. The van der Waals surface area contributed by atoms with Gasteiger partial charge in [-0.05, 0) is 42.5 Å². The predicted octanol–water partition coefficient (Wildman–Crippen LogP) is 3.80. The first kappa shape index (κ1) is 14.0. The highest BCUT2D eigenvalue weighted by molar-refractivity contribution is 6.31. The van der Waals surface area contributed by atoms with Gasteiger partial charge in [-0.15, -0.1) is 0 Å². The molecule has 0 radical (unpaired) electrons. The molecule has 1 amide bonds. The average Bonchev–Trinajstić information content (AvgIpc) is 3.29. The minimum absolute atomic E-state index is 0.0545. The second-order valence-electron chi connectivity index (χ2n) is 5.47. The Morgan fingerprint density at radius 1 is 1.19 bits per heavy atom. The van der Waals surface area contributed by atoms with E-state index in [4.69, 9.17) is 17.3 Å². The molecule has 0 aliphatic heterocycles. The molecule has 0 bridgehead atoms. The van der Waals surface area contributed by atoms with E-state index in [-0.39, 0.29) is 11.9 Å². The SMILES string of the molecule is Nc1cc(Cl)cc(C(=O)NC(c2ccccc2)C2CC2)c1. The molecule has 2 aromatic rings. The number of nitrogen functional groups attached to an aromatic ring is 1. The Hall–Kier alpha value is -2.00. The molecular weight excluding hydrogens is 284 g/mol. The fourth-order valence-electron chi connectivity index (χ4n) is 2.53. The molecular formula is C17H17ClN2O. The zero-order chi connectivity index (χ0) is 14.8. The lowest BCUT2D eigenvalue weighted by molar-refractivity contribution is 0.0931. The molecule has 3 rings (SSSR count). The van der Waals surface area contributed by atoms with E-state index in [9.17, 15) is 4.79 Å². The van der Waals surface area contributed by atoms with Crippen LogP contribution in [-0.4, -0.2) is 5.91 Å². The van der Waals surface area contributed by atoms with Crippen molar-refractivity contribution < 1.29 is 4.79 Å². The van der Waals surface area contributed by atoms with Crippen molar-refractivity contribution in [2.75, 3.05) is 5.73 Å². The van der Waals surface area contributed by atoms with Crippen LogP contribution < -0.4 is 11.1 Å². The third kappa shape index (κ3) is 3.37. The molecule has 1 aliphatic rings. The minimum atomic E-state index is -0.134. The summed E-state index contributed by atoms with van der Waals surface area (Å²) in [5.41, 5.74) is 7.89. The number of rotatable bonds is 4. The number of benzene rings is 2. The van der Waals surface area contributed by atoms with E-state index in [2.05, 4.69) is 17.4 Å². The summed E-state index contributed by atoms with van der Waals surface area (Å²) in [4.78, 5) is 12.4. The van der Waals surface area contributed by atoms with E-state index < -0.39 is 0 Å². The molecule has 21 heavy (non-hydrogen) atoms. The smallest absolute Gasteiger partial charge is 0.251 e. The standard InChI is InChI=1S/C17H17ClN2O/c18-14-8-13(9-15(19)10-14)17(21)20-16(12-6-7-12)11-4-2-1-3-5-11/h1-5,8-10,12,16H,6-7,19H2,(H,20,21). The van der Waals surface area contributed by atoms with Crippen LogP contribution in [0.4, 0.5) is 5.69 Å². The zero-order valence-electron chi connectivity index (χ0n) is 11.6. The van der Waals surface area contributed by atoms with Crippen LogP contribution >= 0.6 is 11.6 Å². The van der Waals surface area contributed by atoms with Crippen molar-refractivity contribution in [3.8, 4) is 0 Å². The van der Waals surface area contributed by atoms with Crippen LogP contribution in [0.25, 0.3) is 0 Å². The van der Waals surface area contributed by atoms with Crippen molar-refractivity contribution >= 4 is 23.2 Å². The molecule has 1 unspecified atom stereocenters. The monoisotopic (exact) mass is 300 g/mol. The lowest BCUT2D eigenvalue weighted by Crippen LogP contribution is -2.29. The van der Waals surface area contributed by atoms with Gasteiger partial charge in [0, 0.05) is 16.3 Å². The number of halogens is 1. The molecule has 1 aliphatic carbocycles. The summed E-state index contributed by atoms with van der Waals surface area (Å²) in [6.07, 6.45) is 2.30. The molecule has 108 valence electrons. The van der Waals surface area contributed by atoms with E-state index in [1.54, 1.807) is 18.2 Å². The molecule has 1 atom stereocenters. The lowest BCUT2D eigenvalue weighted by Gasteiger charge is -2.19. The maximum Gasteiger partial charge on any atom is 0.251 e. The van der Waals surface area contributed by atoms with E-state index in [1.165, 1.54) is 0 Å². The van der Waals surface area contributed by atoms with Gasteiger partial charge < -0.3 is 11.1 Å². The Morgan fingerprint density at radius 2 is 1.90 bits per heavy atom. The number of nitrogens with two attached hydrogens (primary N) is 1. The highest BCUT2D eigenvalue weighted by Gasteiger charge is 2.33. The number of nitrogens with one attached hydrogen (secondary N) is 1. The quantitative estimate of drug-likeness (QED) is 0.844. The van der Waals surface area contributed by atoms with Gasteiger partial charge in [-0.25, -0.2) is 0 Å². The van der Waals surface area contributed by atoms with Crippen molar-refractivity contribution in [1.82, 2.24) is 5.32 Å². The van der Waals surface area contributed by atoms with Crippen LogP contribution in [0.15, 0.2) is 48.5 Å². The summed E-state index contributed by atoms with van der Waals surface area (Å²) in [7, 11) is 0. The first-order valence-electron chi connectivity index (χ1n) is 7.05. The molecule has 1 fully saturated rings. The Balaban J connectivity index is 1.81. The first-order chi connectivity index (χ1) is 10.1. The van der Waals surface area contributed by atoms with Gasteiger partial charge in [-0.3, -0.25) is 4.79 Å². The Kier molecular flexibility index (Phi) is 3.84. The van der Waals surface area contributed by atoms with E-state index in [0.29, 0.717) is 22.2 Å². The third-order valence-electron chi connectivity index (χ3n) is 3.72. The minimum Gasteiger partial charge on any atom is -0.399 e. The maximum absolute atomic E-state index is 12.4. The summed E-state index contributed by atoms with van der Waals surface area (Å²) in [6.45, 7) is 0. The van der Waals surface area contributed by atoms with E-state index in [0.717, 1.165) is 18.4 Å². The number of hydrogen-bond acceptors (Lipinski definition) is 2. The van der Waals surface area contributed by atoms with Crippen LogP contribution in [0.3, 0.4) is 0 Å². The number of carbonyl (C=O) groups excluding carboxylic acids is 1. The Morgan fingerprint density at radius 3 is 2.52 bits per heavy atom. The second-order valence-corrected chi connectivity index (χ2v) is 5.91. The van der Waals surface area contributed by atoms with Gasteiger partial charge in [0.2, 0.25) is 0 Å². The zero-order valence-corrected chi connectivity index (χ0v) is 12.3. The van der Waals surface area contributed by atoms with Crippen LogP contribution in [0, 0.1) is 5.92 Å². The number of amides is 1. The third-order valence-corrected chi connectivity index (χ3v) is 3.94. The van der Waals surface area contributed by atoms with Crippen molar-refractivity contribution in [3.63, 3.8) is 0 Å². The molecule has 0 spiro atoms. The van der Waals surface area contributed by atoms with Gasteiger partial charge in [0.05, 0.1) is 6.04 Å². The topological polar surface area (TPSA) is 55.1 Å². The molecule has 2 aromatic carbocycles. The van der Waals surface area contributed by atoms with E-state index >= 15 is 0 Å². The molecule has 3 N–H and O–H groups in total. The van der Waals surface area contributed by atoms with Gasteiger partial charge >= 0.3 is 0 Å². The second kappa shape index (κ2) is 5.78. The highest BCUT2D eigenvalue weighted by Crippen LogP contribution is 2.41. The molecule has 0 saturated heterocycles. The number of anilines is 1.